The first kappa shape index (κ1) is 14.6. The Kier molecular flexibility index (Phi) is 4.98. The maximum Gasteiger partial charge on any atom is 0.292 e. The summed E-state index contributed by atoms with van der Waals surface area (Å²) in [6, 6.07) is 14.0. The van der Waals surface area contributed by atoms with Crippen molar-refractivity contribution in [3.05, 3.63) is 58.6 Å². The van der Waals surface area contributed by atoms with Crippen LogP contribution in [0, 0.1) is 10.1 Å². The largest absolute Gasteiger partial charge is 0.497 e. The van der Waals surface area contributed by atoms with Crippen LogP contribution in [0.15, 0.2) is 48.5 Å². The quantitative estimate of drug-likeness (QED) is 0.481. The van der Waals surface area contributed by atoms with Crippen molar-refractivity contribution in [3.63, 3.8) is 0 Å². The van der Waals surface area contributed by atoms with Crippen LogP contribution in [0.25, 0.3) is 0 Å². The smallest absolute Gasteiger partial charge is 0.292 e. The van der Waals surface area contributed by atoms with Gasteiger partial charge in [-0.15, -0.1) is 0 Å². The Morgan fingerprint density at radius 1 is 1.14 bits per heavy atom. The molecule has 21 heavy (non-hydrogen) atoms. The molecule has 1 N–H and O–H groups in total. The monoisotopic (exact) mass is 288 g/mol. The van der Waals surface area contributed by atoms with Crippen LogP contribution >= 0.6 is 0 Å². The molecule has 6 nitrogen and oxygen atoms in total. The fourth-order valence-corrected chi connectivity index (χ4v) is 1.81. The van der Waals surface area contributed by atoms with E-state index in [1.54, 1.807) is 12.1 Å². The van der Waals surface area contributed by atoms with Crippen molar-refractivity contribution in [3.8, 4) is 11.5 Å². The second-order valence-corrected chi connectivity index (χ2v) is 4.23. The van der Waals surface area contributed by atoms with Gasteiger partial charge in [0.1, 0.15) is 23.8 Å². The Bertz CT molecular complexity index is 602. The summed E-state index contributed by atoms with van der Waals surface area (Å²) in [5.74, 6) is 1.33. The normalized spacial score (nSPS) is 9.95. The first-order chi connectivity index (χ1) is 10.2. The number of hydrogen-bond acceptors (Lipinski definition) is 5. The second kappa shape index (κ2) is 7.14. The van der Waals surface area contributed by atoms with Crippen LogP contribution in [0.5, 0.6) is 11.5 Å². The van der Waals surface area contributed by atoms with E-state index in [0.717, 1.165) is 5.75 Å². The van der Waals surface area contributed by atoms with Crippen LogP contribution < -0.4 is 14.8 Å². The lowest BCUT2D eigenvalue weighted by Crippen LogP contribution is -2.12. The number of benzene rings is 2. The number of hydrogen-bond donors (Lipinski definition) is 1. The fourth-order valence-electron chi connectivity index (χ4n) is 1.81. The molecule has 0 unspecified atom stereocenters. The summed E-state index contributed by atoms with van der Waals surface area (Å²) in [5.41, 5.74) is 0.423. The minimum Gasteiger partial charge on any atom is -0.497 e. The molecule has 0 fully saturated rings. The van der Waals surface area contributed by atoms with Crippen LogP contribution in [0.2, 0.25) is 0 Å². The SMILES string of the molecule is COc1ccc([N+](=O)[O-])c(NCCOc2ccccc2)c1. The van der Waals surface area contributed by atoms with Crippen LogP contribution in [-0.2, 0) is 0 Å². The third kappa shape index (κ3) is 4.10. The molecule has 0 amide bonds. The van der Waals surface area contributed by atoms with Gasteiger partial charge in [0, 0.05) is 18.7 Å². The Balaban J connectivity index is 1.94. The lowest BCUT2D eigenvalue weighted by atomic mass is 10.2. The molecule has 0 heterocycles. The van der Waals surface area contributed by atoms with Crippen LogP contribution in [0.3, 0.4) is 0 Å². The standard InChI is InChI=1S/C15H16N2O4/c1-20-13-7-8-15(17(18)19)14(11-13)16-9-10-21-12-5-3-2-4-6-12/h2-8,11,16H,9-10H2,1H3. The number of ether oxygens (including phenoxy) is 2. The maximum atomic E-state index is 11.0. The maximum absolute atomic E-state index is 11.0. The lowest BCUT2D eigenvalue weighted by molar-refractivity contribution is -0.384. The van der Waals surface area contributed by atoms with E-state index in [1.807, 2.05) is 30.3 Å². The van der Waals surface area contributed by atoms with E-state index >= 15 is 0 Å². The van der Waals surface area contributed by atoms with E-state index < -0.39 is 4.92 Å². The molecule has 6 heteroatoms. The molecule has 0 atom stereocenters. The average molecular weight is 288 g/mol. The number of methoxy groups -OCH3 is 1. The Morgan fingerprint density at radius 3 is 2.57 bits per heavy atom. The van der Waals surface area contributed by atoms with Crippen molar-refractivity contribution in [1.29, 1.82) is 0 Å². The van der Waals surface area contributed by atoms with E-state index in [1.165, 1.54) is 13.2 Å². The van der Waals surface area contributed by atoms with Crippen LogP contribution in [-0.4, -0.2) is 25.2 Å². The molecule has 0 aliphatic heterocycles. The summed E-state index contributed by atoms with van der Waals surface area (Å²) < 4.78 is 10.6. The molecule has 0 spiro atoms. The van der Waals surface area contributed by atoms with Gasteiger partial charge in [0.25, 0.3) is 5.69 Å². The van der Waals surface area contributed by atoms with Gasteiger partial charge in [-0.25, -0.2) is 0 Å². The van der Waals surface area contributed by atoms with E-state index in [0.29, 0.717) is 24.6 Å². The Labute approximate surface area is 122 Å². The van der Waals surface area contributed by atoms with Gasteiger partial charge in [-0.2, -0.15) is 0 Å². The topological polar surface area (TPSA) is 73.6 Å². The number of anilines is 1. The van der Waals surface area contributed by atoms with Crippen molar-refractivity contribution in [1.82, 2.24) is 0 Å². The highest BCUT2D eigenvalue weighted by Gasteiger charge is 2.14. The molecule has 0 radical (unpaired) electrons. The third-order valence-corrected chi connectivity index (χ3v) is 2.83. The minimum absolute atomic E-state index is 0.00973. The van der Waals surface area contributed by atoms with Crippen LogP contribution in [0.4, 0.5) is 11.4 Å². The summed E-state index contributed by atoms with van der Waals surface area (Å²) in [6.07, 6.45) is 0. The lowest BCUT2D eigenvalue weighted by Gasteiger charge is -2.10. The van der Waals surface area contributed by atoms with Gasteiger partial charge in [-0.1, -0.05) is 18.2 Å². The van der Waals surface area contributed by atoms with E-state index in [-0.39, 0.29) is 5.69 Å². The molecule has 0 aromatic heterocycles. The molecular weight excluding hydrogens is 272 g/mol. The zero-order valence-electron chi connectivity index (χ0n) is 11.6. The van der Waals surface area contributed by atoms with Gasteiger partial charge >= 0.3 is 0 Å². The number of rotatable bonds is 7. The predicted octanol–water partition coefficient (Wildman–Crippen LogP) is 3.09. The molecule has 0 aliphatic carbocycles. The number of nitro groups is 1. The molecule has 0 bridgehead atoms. The average Bonchev–Trinajstić information content (AvgIpc) is 2.52. The van der Waals surface area contributed by atoms with Gasteiger partial charge in [0.05, 0.1) is 12.0 Å². The number of nitrogens with one attached hydrogen (secondary N) is 1. The summed E-state index contributed by atoms with van der Waals surface area (Å²) >= 11 is 0. The van der Waals surface area contributed by atoms with Crippen molar-refractivity contribution < 1.29 is 14.4 Å². The van der Waals surface area contributed by atoms with Crippen molar-refractivity contribution in [2.45, 2.75) is 0 Å². The molecule has 0 aliphatic rings. The Morgan fingerprint density at radius 2 is 1.90 bits per heavy atom. The zero-order chi connectivity index (χ0) is 15.1. The molecule has 110 valence electrons. The van der Waals surface area contributed by atoms with Gasteiger partial charge < -0.3 is 14.8 Å². The van der Waals surface area contributed by atoms with E-state index in [9.17, 15) is 10.1 Å². The second-order valence-electron chi connectivity index (χ2n) is 4.23. The molecule has 2 aromatic carbocycles. The predicted molar refractivity (Wildman–Crippen MR) is 80.1 cm³/mol. The zero-order valence-corrected chi connectivity index (χ0v) is 11.6. The number of nitro benzene ring substituents is 1. The summed E-state index contributed by atoms with van der Waals surface area (Å²) in [7, 11) is 1.52. The highest BCUT2D eigenvalue weighted by molar-refractivity contribution is 5.64. The summed E-state index contributed by atoms with van der Waals surface area (Å²) in [6.45, 7) is 0.848. The fraction of sp³-hybridized carbons (Fsp3) is 0.200. The van der Waals surface area contributed by atoms with Gasteiger partial charge in [0.2, 0.25) is 0 Å². The third-order valence-electron chi connectivity index (χ3n) is 2.83. The van der Waals surface area contributed by atoms with Gasteiger partial charge in [-0.3, -0.25) is 10.1 Å². The van der Waals surface area contributed by atoms with Gasteiger partial charge in [-0.05, 0) is 18.2 Å². The highest BCUT2D eigenvalue weighted by Crippen LogP contribution is 2.28. The minimum atomic E-state index is -0.431. The molecule has 2 aromatic rings. The van der Waals surface area contributed by atoms with Crippen molar-refractivity contribution in [2.75, 3.05) is 25.6 Å². The highest BCUT2D eigenvalue weighted by atomic mass is 16.6. The first-order valence-corrected chi connectivity index (χ1v) is 6.45. The molecular formula is C15H16N2O4. The van der Waals surface area contributed by atoms with E-state index in [2.05, 4.69) is 5.32 Å². The molecule has 2 rings (SSSR count). The first-order valence-electron chi connectivity index (χ1n) is 6.45. The molecule has 0 saturated heterocycles. The van der Waals surface area contributed by atoms with Crippen molar-refractivity contribution in [2.24, 2.45) is 0 Å². The molecule has 0 saturated carbocycles. The van der Waals surface area contributed by atoms with Crippen LogP contribution in [0.1, 0.15) is 0 Å². The van der Waals surface area contributed by atoms with E-state index in [4.69, 9.17) is 9.47 Å². The number of para-hydroxylation sites is 1. The van der Waals surface area contributed by atoms with Crippen molar-refractivity contribution >= 4 is 11.4 Å². The Hall–Kier alpha value is -2.76. The summed E-state index contributed by atoms with van der Waals surface area (Å²) in [4.78, 5) is 10.5. The van der Waals surface area contributed by atoms with Gasteiger partial charge in [0.15, 0.2) is 0 Å². The summed E-state index contributed by atoms with van der Waals surface area (Å²) in [5, 5.41) is 14.0. The number of nitrogens with zero attached hydrogens (tertiary/aromatic N) is 1.